The van der Waals surface area contributed by atoms with E-state index in [2.05, 4.69) is 30.5 Å². The minimum absolute atomic E-state index is 0.516. The summed E-state index contributed by atoms with van der Waals surface area (Å²) in [6.45, 7) is 6.65. The molecule has 14 heavy (non-hydrogen) atoms. The second kappa shape index (κ2) is 3.01. The fourth-order valence-corrected chi connectivity index (χ4v) is 1.78. The van der Waals surface area contributed by atoms with Gasteiger partial charge in [0, 0.05) is 19.3 Å². The van der Waals surface area contributed by atoms with Crippen molar-refractivity contribution in [2.75, 3.05) is 5.32 Å². The maximum atomic E-state index is 4.32. The van der Waals surface area contributed by atoms with E-state index in [0.717, 1.165) is 5.69 Å². The van der Waals surface area contributed by atoms with Crippen LogP contribution in [0.2, 0.25) is 0 Å². The van der Waals surface area contributed by atoms with Gasteiger partial charge in [0.15, 0.2) is 0 Å². The van der Waals surface area contributed by atoms with Crippen LogP contribution in [0.3, 0.4) is 0 Å². The third-order valence-corrected chi connectivity index (χ3v) is 3.47. The van der Waals surface area contributed by atoms with E-state index in [1.807, 2.05) is 18.7 Å². The molecule has 0 radical (unpaired) electrons. The molecular formula is C11H19N3. The Balaban J connectivity index is 2.06. The van der Waals surface area contributed by atoms with Gasteiger partial charge in [-0.2, -0.15) is 5.10 Å². The average molecular weight is 193 g/mol. The van der Waals surface area contributed by atoms with Crippen LogP contribution in [0.1, 0.15) is 32.4 Å². The zero-order valence-electron chi connectivity index (χ0n) is 9.46. The molecule has 1 saturated carbocycles. The van der Waals surface area contributed by atoms with Crippen molar-refractivity contribution in [3.63, 3.8) is 0 Å². The van der Waals surface area contributed by atoms with Gasteiger partial charge in [0.2, 0.25) is 0 Å². The molecule has 1 heterocycles. The highest BCUT2D eigenvalue weighted by Gasteiger charge is 2.42. The molecule has 3 nitrogen and oxygen atoms in total. The van der Waals surface area contributed by atoms with E-state index in [9.17, 15) is 0 Å². The van der Waals surface area contributed by atoms with E-state index in [-0.39, 0.29) is 0 Å². The summed E-state index contributed by atoms with van der Waals surface area (Å²) in [6, 6.07) is 0.547. The standard InChI is InChI=1S/C11H19N3/c1-8-10(7-14(4)13-8)12-9(2)11(3)5-6-11/h7,9,12H,5-6H2,1-4H3. The molecule has 1 aromatic heterocycles. The Kier molecular flexibility index (Phi) is 2.05. The van der Waals surface area contributed by atoms with E-state index in [1.165, 1.54) is 18.5 Å². The molecule has 78 valence electrons. The minimum Gasteiger partial charge on any atom is -0.379 e. The Morgan fingerprint density at radius 1 is 1.57 bits per heavy atom. The number of aryl methyl sites for hydroxylation is 2. The van der Waals surface area contributed by atoms with E-state index in [1.54, 1.807) is 0 Å². The molecule has 1 aromatic rings. The van der Waals surface area contributed by atoms with Crippen LogP contribution in [0.25, 0.3) is 0 Å². The SMILES string of the molecule is Cc1nn(C)cc1NC(C)C1(C)CC1. The maximum absolute atomic E-state index is 4.32. The molecule has 2 rings (SSSR count). The van der Waals surface area contributed by atoms with E-state index < -0.39 is 0 Å². The molecular weight excluding hydrogens is 174 g/mol. The van der Waals surface area contributed by atoms with Crippen molar-refractivity contribution >= 4 is 5.69 Å². The van der Waals surface area contributed by atoms with Crippen LogP contribution in [-0.4, -0.2) is 15.8 Å². The lowest BCUT2D eigenvalue weighted by atomic mass is 10.0. The number of nitrogens with zero attached hydrogens (tertiary/aromatic N) is 2. The van der Waals surface area contributed by atoms with Gasteiger partial charge in [0.05, 0.1) is 11.4 Å². The molecule has 3 heteroatoms. The van der Waals surface area contributed by atoms with Crippen molar-refractivity contribution in [1.82, 2.24) is 9.78 Å². The average Bonchev–Trinajstić information content (AvgIpc) is 2.76. The summed E-state index contributed by atoms with van der Waals surface area (Å²) in [7, 11) is 1.96. The van der Waals surface area contributed by atoms with Crippen LogP contribution in [0.15, 0.2) is 6.20 Å². The summed E-state index contributed by atoms with van der Waals surface area (Å²) in [5, 5.41) is 7.87. The van der Waals surface area contributed by atoms with Gasteiger partial charge in [-0.3, -0.25) is 4.68 Å². The maximum Gasteiger partial charge on any atom is 0.0825 e. The molecule has 1 fully saturated rings. The van der Waals surface area contributed by atoms with Crippen molar-refractivity contribution in [3.8, 4) is 0 Å². The second-order valence-electron chi connectivity index (χ2n) is 4.82. The van der Waals surface area contributed by atoms with Crippen LogP contribution in [-0.2, 0) is 7.05 Å². The van der Waals surface area contributed by atoms with Crippen molar-refractivity contribution in [3.05, 3.63) is 11.9 Å². The summed E-state index contributed by atoms with van der Waals surface area (Å²) in [5.41, 5.74) is 2.78. The van der Waals surface area contributed by atoms with Gasteiger partial charge in [-0.25, -0.2) is 0 Å². The minimum atomic E-state index is 0.516. The van der Waals surface area contributed by atoms with E-state index in [4.69, 9.17) is 0 Å². The van der Waals surface area contributed by atoms with Gasteiger partial charge < -0.3 is 5.32 Å². The van der Waals surface area contributed by atoms with E-state index >= 15 is 0 Å². The number of aromatic nitrogens is 2. The van der Waals surface area contributed by atoms with Crippen molar-refractivity contribution in [1.29, 1.82) is 0 Å². The monoisotopic (exact) mass is 193 g/mol. The largest absolute Gasteiger partial charge is 0.379 e. The summed E-state index contributed by atoms with van der Waals surface area (Å²) in [6.07, 6.45) is 4.75. The Hall–Kier alpha value is -0.990. The van der Waals surface area contributed by atoms with Gasteiger partial charge in [-0.15, -0.1) is 0 Å². The number of anilines is 1. The summed E-state index contributed by atoms with van der Waals surface area (Å²) < 4.78 is 1.86. The van der Waals surface area contributed by atoms with E-state index in [0.29, 0.717) is 11.5 Å². The Morgan fingerprint density at radius 2 is 2.21 bits per heavy atom. The molecule has 1 unspecified atom stereocenters. The fraction of sp³-hybridized carbons (Fsp3) is 0.727. The van der Waals surface area contributed by atoms with Gasteiger partial charge in [0.1, 0.15) is 0 Å². The molecule has 1 N–H and O–H groups in total. The van der Waals surface area contributed by atoms with Crippen LogP contribution < -0.4 is 5.32 Å². The van der Waals surface area contributed by atoms with Gasteiger partial charge in [-0.05, 0) is 32.1 Å². The molecule has 0 saturated heterocycles. The van der Waals surface area contributed by atoms with Gasteiger partial charge in [-0.1, -0.05) is 6.92 Å². The summed E-state index contributed by atoms with van der Waals surface area (Å²) >= 11 is 0. The summed E-state index contributed by atoms with van der Waals surface area (Å²) in [5.74, 6) is 0. The Morgan fingerprint density at radius 3 is 2.64 bits per heavy atom. The number of rotatable bonds is 3. The first-order valence-corrected chi connectivity index (χ1v) is 5.28. The van der Waals surface area contributed by atoms with Crippen molar-refractivity contribution < 1.29 is 0 Å². The molecule has 0 spiro atoms. The first kappa shape index (κ1) is 9.56. The lowest BCUT2D eigenvalue weighted by Crippen LogP contribution is -2.24. The molecule has 1 aliphatic rings. The number of nitrogens with one attached hydrogen (secondary N) is 1. The smallest absolute Gasteiger partial charge is 0.0825 e. The first-order chi connectivity index (χ1) is 6.51. The molecule has 0 aromatic carbocycles. The van der Waals surface area contributed by atoms with Gasteiger partial charge in [0.25, 0.3) is 0 Å². The third-order valence-electron chi connectivity index (χ3n) is 3.47. The molecule has 0 aliphatic heterocycles. The highest BCUT2D eigenvalue weighted by molar-refractivity contribution is 5.46. The highest BCUT2D eigenvalue weighted by atomic mass is 15.3. The van der Waals surface area contributed by atoms with Crippen molar-refractivity contribution in [2.45, 2.75) is 39.7 Å². The van der Waals surface area contributed by atoms with Crippen LogP contribution in [0.4, 0.5) is 5.69 Å². The van der Waals surface area contributed by atoms with Gasteiger partial charge >= 0.3 is 0 Å². The lowest BCUT2D eigenvalue weighted by Gasteiger charge is -2.20. The molecule has 1 aliphatic carbocycles. The quantitative estimate of drug-likeness (QED) is 0.798. The van der Waals surface area contributed by atoms with Crippen LogP contribution >= 0.6 is 0 Å². The zero-order valence-corrected chi connectivity index (χ0v) is 9.46. The lowest BCUT2D eigenvalue weighted by molar-refractivity contribution is 0.493. The first-order valence-electron chi connectivity index (χ1n) is 5.28. The van der Waals surface area contributed by atoms with Crippen LogP contribution in [0.5, 0.6) is 0 Å². The zero-order chi connectivity index (χ0) is 10.3. The summed E-state index contributed by atoms with van der Waals surface area (Å²) in [4.78, 5) is 0. The second-order valence-corrected chi connectivity index (χ2v) is 4.82. The number of hydrogen-bond acceptors (Lipinski definition) is 2. The normalized spacial score (nSPS) is 20.6. The third kappa shape index (κ3) is 1.63. The Bertz CT molecular complexity index is 336. The molecule has 1 atom stereocenters. The predicted molar refractivity (Wildman–Crippen MR) is 58.4 cm³/mol. The predicted octanol–water partition coefficient (Wildman–Crippen LogP) is 2.33. The van der Waals surface area contributed by atoms with Crippen molar-refractivity contribution in [2.24, 2.45) is 12.5 Å². The highest BCUT2D eigenvalue weighted by Crippen LogP contribution is 2.48. The topological polar surface area (TPSA) is 29.9 Å². The fourth-order valence-electron chi connectivity index (χ4n) is 1.78. The van der Waals surface area contributed by atoms with Crippen LogP contribution in [0, 0.1) is 12.3 Å². The molecule has 0 amide bonds. The number of hydrogen-bond donors (Lipinski definition) is 1. The molecule has 0 bridgehead atoms. The Labute approximate surface area is 85.5 Å².